The number of nitrogens with two attached hydrogens (primary N) is 1. The van der Waals surface area contributed by atoms with Crippen LogP contribution in [0.5, 0.6) is 0 Å². The van der Waals surface area contributed by atoms with Crippen molar-refractivity contribution in [1.29, 1.82) is 0 Å². The maximum atomic E-state index is 13.1. The number of rotatable bonds is 8. The van der Waals surface area contributed by atoms with Crippen LogP contribution in [0, 0.1) is 0 Å². The van der Waals surface area contributed by atoms with Crippen LogP contribution in [-0.4, -0.2) is 34.2 Å². The summed E-state index contributed by atoms with van der Waals surface area (Å²) in [6.07, 6.45) is -2.70. The summed E-state index contributed by atoms with van der Waals surface area (Å²) >= 11 is 1.18. The number of imidazole rings is 1. The van der Waals surface area contributed by atoms with Gasteiger partial charge in [-0.15, -0.1) is 0 Å². The standard InChI is InChI=1S/C22H23F3N4O2S/c1-3-4-11-29-18-10-7-15(22(23,24)25)12-17(18)27-21(29)32-13-19(30)28(2)16-8-5-14(6-9-16)20(26)31/h5-10,12H,3-4,11,13H2,1-2H3,(H2,26,31). The van der Waals surface area contributed by atoms with Crippen LogP contribution in [0.25, 0.3) is 11.0 Å². The van der Waals surface area contributed by atoms with Crippen LogP contribution < -0.4 is 10.6 Å². The van der Waals surface area contributed by atoms with Crippen LogP contribution in [0.2, 0.25) is 0 Å². The average molecular weight is 465 g/mol. The molecule has 32 heavy (non-hydrogen) atoms. The molecule has 2 aromatic carbocycles. The molecule has 10 heteroatoms. The fourth-order valence-electron chi connectivity index (χ4n) is 3.14. The number of fused-ring (bicyclic) bond motifs is 1. The van der Waals surface area contributed by atoms with Crippen molar-refractivity contribution in [2.45, 2.75) is 37.6 Å². The molecule has 0 aliphatic rings. The summed E-state index contributed by atoms with van der Waals surface area (Å²) in [5, 5.41) is 0.499. The van der Waals surface area contributed by atoms with E-state index < -0.39 is 17.6 Å². The SMILES string of the molecule is CCCCn1c(SCC(=O)N(C)c2ccc(C(N)=O)cc2)nc2cc(C(F)(F)F)ccc21. The maximum Gasteiger partial charge on any atom is 0.416 e. The molecule has 1 aromatic heterocycles. The van der Waals surface area contributed by atoms with Crippen molar-refractivity contribution in [3.8, 4) is 0 Å². The van der Waals surface area contributed by atoms with Crippen molar-refractivity contribution in [3.63, 3.8) is 0 Å². The molecule has 0 atom stereocenters. The van der Waals surface area contributed by atoms with Crippen LogP contribution >= 0.6 is 11.8 Å². The van der Waals surface area contributed by atoms with E-state index >= 15 is 0 Å². The number of benzene rings is 2. The summed E-state index contributed by atoms with van der Waals surface area (Å²) in [6.45, 7) is 2.62. The summed E-state index contributed by atoms with van der Waals surface area (Å²) in [5.41, 5.74) is 6.27. The molecule has 2 amide bonds. The van der Waals surface area contributed by atoms with Gasteiger partial charge in [-0.1, -0.05) is 25.1 Å². The van der Waals surface area contributed by atoms with Gasteiger partial charge in [0, 0.05) is 24.8 Å². The number of primary amides is 1. The lowest BCUT2D eigenvalue weighted by molar-refractivity contribution is -0.137. The van der Waals surface area contributed by atoms with E-state index in [2.05, 4.69) is 4.98 Å². The molecule has 0 spiro atoms. The van der Waals surface area contributed by atoms with E-state index in [1.807, 2.05) is 11.5 Å². The van der Waals surface area contributed by atoms with Crippen LogP contribution in [0.15, 0.2) is 47.6 Å². The highest BCUT2D eigenvalue weighted by molar-refractivity contribution is 7.99. The van der Waals surface area contributed by atoms with E-state index in [1.54, 1.807) is 19.2 Å². The van der Waals surface area contributed by atoms with E-state index in [0.29, 0.717) is 28.5 Å². The molecular weight excluding hydrogens is 441 g/mol. The molecular formula is C22H23F3N4O2S. The summed E-state index contributed by atoms with van der Waals surface area (Å²) in [4.78, 5) is 29.7. The molecule has 0 bridgehead atoms. The van der Waals surface area contributed by atoms with E-state index in [-0.39, 0.29) is 17.2 Å². The van der Waals surface area contributed by atoms with Gasteiger partial charge in [0.1, 0.15) is 0 Å². The van der Waals surface area contributed by atoms with E-state index in [9.17, 15) is 22.8 Å². The number of thioether (sulfide) groups is 1. The normalized spacial score (nSPS) is 11.7. The number of unbranched alkanes of at least 4 members (excludes halogenated alkanes) is 1. The van der Waals surface area contributed by atoms with Gasteiger partial charge in [0.05, 0.1) is 22.3 Å². The third-order valence-electron chi connectivity index (χ3n) is 5.01. The molecule has 6 nitrogen and oxygen atoms in total. The van der Waals surface area contributed by atoms with Gasteiger partial charge in [-0.3, -0.25) is 9.59 Å². The van der Waals surface area contributed by atoms with Crippen molar-refractivity contribution in [2.75, 3.05) is 17.7 Å². The highest BCUT2D eigenvalue weighted by Crippen LogP contribution is 2.33. The Morgan fingerprint density at radius 2 is 1.84 bits per heavy atom. The molecule has 170 valence electrons. The molecule has 1 heterocycles. The number of alkyl halides is 3. The van der Waals surface area contributed by atoms with Gasteiger partial charge in [-0.05, 0) is 48.9 Å². The van der Waals surface area contributed by atoms with Crippen molar-refractivity contribution >= 4 is 40.3 Å². The molecule has 0 saturated heterocycles. The second kappa shape index (κ2) is 9.64. The molecule has 0 unspecified atom stereocenters. The first-order chi connectivity index (χ1) is 15.1. The number of anilines is 1. The molecule has 0 fully saturated rings. The van der Waals surface area contributed by atoms with Crippen LogP contribution in [-0.2, 0) is 17.5 Å². The monoisotopic (exact) mass is 464 g/mol. The lowest BCUT2D eigenvalue weighted by Crippen LogP contribution is -2.28. The largest absolute Gasteiger partial charge is 0.416 e. The van der Waals surface area contributed by atoms with Gasteiger partial charge in [0.15, 0.2) is 5.16 Å². The van der Waals surface area contributed by atoms with Crippen LogP contribution in [0.3, 0.4) is 0 Å². The number of halogens is 3. The minimum absolute atomic E-state index is 0.0512. The highest BCUT2D eigenvalue weighted by Gasteiger charge is 2.31. The molecule has 0 saturated carbocycles. The van der Waals surface area contributed by atoms with E-state index in [1.165, 1.54) is 34.9 Å². The average Bonchev–Trinajstić information content (AvgIpc) is 3.11. The third kappa shape index (κ3) is 5.24. The number of aromatic nitrogens is 2. The topological polar surface area (TPSA) is 81.2 Å². The van der Waals surface area contributed by atoms with Crippen molar-refractivity contribution in [2.24, 2.45) is 5.73 Å². The fraction of sp³-hybridized carbons (Fsp3) is 0.318. The van der Waals surface area contributed by atoms with Gasteiger partial charge in [-0.2, -0.15) is 13.2 Å². The Morgan fingerprint density at radius 3 is 2.44 bits per heavy atom. The zero-order valence-electron chi connectivity index (χ0n) is 17.6. The van der Waals surface area contributed by atoms with E-state index in [0.717, 1.165) is 25.0 Å². The number of carbonyl (C=O) groups excluding carboxylic acids is 2. The second-order valence-corrected chi connectivity index (χ2v) is 8.20. The predicted octanol–water partition coefficient (Wildman–Crippen LogP) is 4.71. The number of amides is 2. The Morgan fingerprint density at radius 1 is 1.16 bits per heavy atom. The van der Waals surface area contributed by atoms with Gasteiger partial charge in [0.2, 0.25) is 11.8 Å². The Balaban J connectivity index is 1.80. The van der Waals surface area contributed by atoms with Gasteiger partial charge in [0.25, 0.3) is 0 Å². The van der Waals surface area contributed by atoms with Crippen LogP contribution in [0.1, 0.15) is 35.7 Å². The molecule has 0 aliphatic carbocycles. The lowest BCUT2D eigenvalue weighted by atomic mass is 10.2. The first-order valence-electron chi connectivity index (χ1n) is 9.98. The summed E-state index contributed by atoms with van der Waals surface area (Å²) < 4.78 is 41.1. The van der Waals surface area contributed by atoms with Crippen LogP contribution in [0.4, 0.5) is 18.9 Å². The molecule has 3 aromatic rings. The number of nitrogens with zero attached hydrogens (tertiary/aromatic N) is 3. The predicted molar refractivity (Wildman–Crippen MR) is 119 cm³/mol. The third-order valence-corrected chi connectivity index (χ3v) is 5.97. The highest BCUT2D eigenvalue weighted by atomic mass is 32.2. The fourth-order valence-corrected chi connectivity index (χ4v) is 4.10. The van der Waals surface area contributed by atoms with Gasteiger partial charge in [-0.25, -0.2) is 4.98 Å². The Bertz CT molecular complexity index is 1130. The second-order valence-electron chi connectivity index (χ2n) is 7.25. The first-order valence-corrected chi connectivity index (χ1v) is 11.0. The van der Waals surface area contributed by atoms with E-state index in [4.69, 9.17) is 5.73 Å². The minimum atomic E-state index is -4.45. The number of hydrogen-bond acceptors (Lipinski definition) is 4. The zero-order chi connectivity index (χ0) is 23.5. The molecule has 0 radical (unpaired) electrons. The molecule has 3 rings (SSSR count). The summed E-state index contributed by atoms with van der Waals surface area (Å²) in [5.74, 6) is -0.719. The smallest absolute Gasteiger partial charge is 0.366 e. The summed E-state index contributed by atoms with van der Waals surface area (Å²) in [6, 6.07) is 9.84. The Kier molecular flexibility index (Phi) is 7.12. The number of carbonyl (C=O) groups is 2. The quantitative estimate of drug-likeness (QED) is 0.490. The Hall–Kier alpha value is -3.01. The lowest BCUT2D eigenvalue weighted by Gasteiger charge is -2.17. The minimum Gasteiger partial charge on any atom is -0.366 e. The molecule has 2 N–H and O–H groups in total. The first kappa shape index (κ1) is 23.6. The van der Waals surface area contributed by atoms with Gasteiger partial charge < -0.3 is 15.2 Å². The number of aryl methyl sites for hydroxylation is 1. The molecule has 0 aliphatic heterocycles. The zero-order valence-corrected chi connectivity index (χ0v) is 18.5. The van der Waals surface area contributed by atoms with Gasteiger partial charge >= 0.3 is 6.18 Å². The van der Waals surface area contributed by atoms with Crippen molar-refractivity contribution < 1.29 is 22.8 Å². The maximum absolute atomic E-state index is 13.1. The summed E-state index contributed by atoms with van der Waals surface area (Å²) in [7, 11) is 1.61. The van der Waals surface area contributed by atoms with Crippen molar-refractivity contribution in [3.05, 3.63) is 53.6 Å². The number of hydrogen-bond donors (Lipinski definition) is 1. The van der Waals surface area contributed by atoms with Crippen molar-refractivity contribution in [1.82, 2.24) is 9.55 Å². The Labute approximate surface area is 187 Å².